The van der Waals surface area contributed by atoms with Gasteiger partial charge in [0.1, 0.15) is 5.75 Å². The van der Waals surface area contributed by atoms with Gasteiger partial charge in [0.2, 0.25) is 5.91 Å². The summed E-state index contributed by atoms with van der Waals surface area (Å²) in [5, 5.41) is 13.5. The molecule has 0 spiro atoms. The second kappa shape index (κ2) is 10.5. The highest BCUT2D eigenvalue weighted by Crippen LogP contribution is 2.50. The zero-order chi connectivity index (χ0) is 24.1. The largest absolute Gasteiger partial charge is 0.508 e. The Labute approximate surface area is 202 Å². The Morgan fingerprint density at radius 2 is 1.97 bits per heavy atom. The van der Waals surface area contributed by atoms with E-state index in [0.29, 0.717) is 24.3 Å². The summed E-state index contributed by atoms with van der Waals surface area (Å²) in [7, 11) is 0. The van der Waals surface area contributed by atoms with Crippen molar-refractivity contribution in [2.45, 2.75) is 56.5 Å². The summed E-state index contributed by atoms with van der Waals surface area (Å²) in [5.41, 5.74) is 13.2. The van der Waals surface area contributed by atoms with Crippen molar-refractivity contribution >= 4 is 11.9 Å². The van der Waals surface area contributed by atoms with Crippen molar-refractivity contribution in [1.29, 1.82) is 0 Å². The van der Waals surface area contributed by atoms with Crippen LogP contribution in [0.2, 0.25) is 0 Å². The van der Waals surface area contributed by atoms with Crippen molar-refractivity contribution in [3.05, 3.63) is 65.7 Å². The van der Waals surface area contributed by atoms with E-state index in [-0.39, 0.29) is 29.7 Å². The van der Waals surface area contributed by atoms with Gasteiger partial charge in [-0.25, -0.2) is 0 Å². The van der Waals surface area contributed by atoms with Crippen molar-refractivity contribution < 1.29 is 9.90 Å². The summed E-state index contributed by atoms with van der Waals surface area (Å²) in [6.07, 6.45) is 4.11. The van der Waals surface area contributed by atoms with Crippen LogP contribution in [-0.4, -0.2) is 53.6 Å². The molecule has 182 valence electrons. The van der Waals surface area contributed by atoms with Gasteiger partial charge < -0.3 is 21.9 Å². The van der Waals surface area contributed by atoms with Gasteiger partial charge in [-0.15, -0.1) is 0 Å². The fourth-order valence-electron chi connectivity index (χ4n) is 6.02. The molecule has 7 nitrogen and oxygen atoms in total. The average molecular weight is 464 g/mol. The van der Waals surface area contributed by atoms with Crippen LogP contribution in [0.15, 0.2) is 59.6 Å². The predicted octanol–water partition coefficient (Wildman–Crippen LogP) is 2.53. The quantitative estimate of drug-likeness (QED) is 0.355. The highest BCUT2D eigenvalue weighted by Gasteiger charge is 2.51. The maximum atomic E-state index is 12.7. The van der Waals surface area contributed by atoms with Crippen LogP contribution < -0.4 is 16.8 Å². The first-order valence-corrected chi connectivity index (χ1v) is 12.3. The van der Waals surface area contributed by atoms with E-state index in [1.807, 2.05) is 12.1 Å². The predicted molar refractivity (Wildman–Crippen MR) is 136 cm³/mol. The van der Waals surface area contributed by atoms with E-state index in [9.17, 15) is 9.90 Å². The molecule has 1 aliphatic carbocycles. The van der Waals surface area contributed by atoms with Crippen molar-refractivity contribution in [3.63, 3.8) is 0 Å². The molecule has 2 aromatic carbocycles. The first-order valence-electron chi connectivity index (χ1n) is 12.3. The lowest BCUT2D eigenvalue weighted by Gasteiger charge is -2.56. The molecular weight excluding hydrogens is 426 g/mol. The molecule has 0 radical (unpaired) electrons. The Hall–Kier alpha value is -3.06. The minimum Gasteiger partial charge on any atom is -0.508 e. The number of benzene rings is 2. The number of likely N-dealkylation sites (tertiary alicyclic amines) is 1. The topological polar surface area (TPSA) is 117 Å². The maximum absolute atomic E-state index is 12.7. The van der Waals surface area contributed by atoms with E-state index in [4.69, 9.17) is 11.5 Å². The molecule has 1 saturated heterocycles. The van der Waals surface area contributed by atoms with Gasteiger partial charge in [0.15, 0.2) is 5.96 Å². The molecule has 2 fully saturated rings. The summed E-state index contributed by atoms with van der Waals surface area (Å²) in [6, 6.07) is 18.8. The number of aromatic hydroxyl groups is 1. The summed E-state index contributed by atoms with van der Waals surface area (Å²) >= 11 is 0. The second-order valence-electron chi connectivity index (χ2n) is 9.96. The van der Waals surface area contributed by atoms with Crippen LogP contribution in [0.4, 0.5) is 0 Å². The average Bonchev–Trinajstić information content (AvgIpc) is 2.81. The highest BCUT2D eigenvalue weighted by molar-refractivity contribution is 5.78. The number of carbonyl (C=O) groups is 1. The Balaban J connectivity index is 1.53. The fourth-order valence-corrected chi connectivity index (χ4v) is 6.02. The monoisotopic (exact) mass is 463 g/mol. The number of nitrogens with zero attached hydrogens (tertiary/aromatic N) is 2. The van der Waals surface area contributed by atoms with Gasteiger partial charge in [-0.2, -0.15) is 0 Å². The van der Waals surface area contributed by atoms with E-state index < -0.39 is 0 Å². The third-order valence-electron chi connectivity index (χ3n) is 7.69. The van der Waals surface area contributed by atoms with E-state index in [0.717, 1.165) is 38.8 Å². The molecule has 2 aliphatic rings. The number of phenolic OH excluding ortho intramolecular Hbond substituents is 1. The van der Waals surface area contributed by atoms with Crippen LogP contribution in [-0.2, 0) is 16.6 Å². The number of nitrogens with one attached hydrogen (secondary N) is 1. The molecule has 4 rings (SSSR count). The van der Waals surface area contributed by atoms with Crippen LogP contribution >= 0.6 is 0 Å². The molecule has 2 aromatic rings. The van der Waals surface area contributed by atoms with Crippen molar-refractivity contribution in [1.82, 2.24) is 10.2 Å². The van der Waals surface area contributed by atoms with Crippen molar-refractivity contribution in [3.8, 4) is 5.75 Å². The third kappa shape index (κ3) is 5.53. The molecule has 7 heteroatoms. The molecular formula is C27H37N5O2. The number of hydrogen-bond donors (Lipinski definition) is 4. The number of piperidine rings is 1. The van der Waals surface area contributed by atoms with Crippen molar-refractivity contribution in [2.24, 2.45) is 22.4 Å². The van der Waals surface area contributed by atoms with Crippen molar-refractivity contribution in [2.75, 3.05) is 19.6 Å². The van der Waals surface area contributed by atoms with Gasteiger partial charge in [0.25, 0.3) is 0 Å². The summed E-state index contributed by atoms with van der Waals surface area (Å²) < 4.78 is 0. The van der Waals surface area contributed by atoms with Gasteiger partial charge in [-0.05, 0) is 54.9 Å². The Morgan fingerprint density at radius 1 is 1.18 bits per heavy atom. The highest BCUT2D eigenvalue weighted by atomic mass is 16.3. The molecule has 6 N–H and O–H groups in total. The molecule has 4 atom stereocenters. The van der Waals surface area contributed by atoms with Crippen LogP contribution in [0.1, 0.15) is 43.7 Å². The van der Waals surface area contributed by atoms with Crippen LogP contribution in [0.5, 0.6) is 5.75 Å². The number of fused-ring (bicyclic) bond motifs is 2. The molecule has 0 aromatic heterocycles. The first-order chi connectivity index (χ1) is 16.4. The normalized spacial score (nSPS) is 26.6. The number of carbonyl (C=O) groups excluding carboxylic acids is 1. The van der Waals surface area contributed by atoms with Crippen LogP contribution in [0.3, 0.4) is 0 Å². The molecule has 1 aliphatic heterocycles. The standard InChI is InChI=1S/C27H37N5O2/c1-19-18-32(13-11-20-6-3-2-4-7-20)23-15-22(31-25(34)10-12-30-26(28)29)16-27(19,17-23)21-8-5-9-24(33)14-21/h2-9,14,19,22-23,33H,10-13,15-18H2,1H3,(H,31,34)(H4,28,29,30)/t19-,22-,23+,27+/m1/s1. The van der Waals surface area contributed by atoms with Gasteiger partial charge in [-0.1, -0.05) is 49.4 Å². The molecule has 0 unspecified atom stereocenters. The minimum atomic E-state index is -0.0807. The Kier molecular flexibility index (Phi) is 7.41. The molecule has 1 saturated carbocycles. The number of amides is 1. The van der Waals surface area contributed by atoms with E-state index in [1.165, 1.54) is 11.1 Å². The molecule has 34 heavy (non-hydrogen) atoms. The minimum absolute atomic E-state index is 0.00530. The molecule has 2 bridgehead atoms. The van der Waals surface area contributed by atoms with Gasteiger partial charge >= 0.3 is 0 Å². The number of aliphatic imine (C=N–C) groups is 1. The van der Waals surface area contributed by atoms with Gasteiger partial charge in [-0.3, -0.25) is 14.7 Å². The Bertz CT molecular complexity index is 1010. The molecule has 1 heterocycles. The number of phenols is 1. The fraction of sp³-hybridized carbons (Fsp3) is 0.481. The Morgan fingerprint density at radius 3 is 2.71 bits per heavy atom. The number of nitrogens with two attached hydrogens (primary N) is 2. The van der Waals surface area contributed by atoms with Crippen LogP contribution in [0.25, 0.3) is 0 Å². The summed E-state index contributed by atoms with van der Waals surface area (Å²) in [6.45, 7) is 4.62. The number of guanidine groups is 1. The number of hydrogen-bond acceptors (Lipinski definition) is 4. The summed E-state index contributed by atoms with van der Waals surface area (Å²) in [5.74, 6) is 0.670. The van der Waals surface area contributed by atoms with E-state index in [1.54, 1.807) is 6.07 Å². The third-order valence-corrected chi connectivity index (χ3v) is 7.69. The molecule has 1 amide bonds. The number of rotatable bonds is 8. The van der Waals surface area contributed by atoms with Gasteiger partial charge in [0, 0.05) is 37.0 Å². The zero-order valence-electron chi connectivity index (χ0n) is 20.0. The lowest BCUT2D eigenvalue weighted by atomic mass is 9.57. The smallest absolute Gasteiger partial charge is 0.222 e. The lowest BCUT2D eigenvalue weighted by Crippen LogP contribution is -2.61. The van der Waals surface area contributed by atoms with Gasteiger partial charge in [0.05, 0.1) is 6.54 Å². The van der Waals surface area contributed by atoms with Crippen LogP contribution in [0, 0.1) is 5.92 Å². The van der Waals surface area contributed by atoms with E-state index >= 15 is 0 Å². The lowest BCUT2D eigenvalue weighted by molar-refractivity contribution is -0.122. The zero-order valence-corrected chi connectivity index (χ0v) is 20.0. The summed E-state index contributed by atoms with van der Waals surface area (Å²) in [4.78, 5) is 19.2. The SMILES string of the molecule is C[C@@H]1CN(CCc2ccccc2)[C@H]2C[C@@H](NC(=O)CCN=C(N)N)C[C@]1(c1cccc(O)c1)C2. The second-order valence-corrected chi connectivity index (χ2v) is 9.96. The van der Waals surface area contributed by atoms with E-state index in [2.05, 4.69) is 58.5 Å². The first kappa shape index (κ1) is 24.1. The maximum Gasteiger partial charge on any atom is 0.222 e.